The van der Waals surface area contributed by atoms with Gasteiger partial charge in [0.25, 0.3) is 0 Å². The fourth-order valence-electron chi connectivity index (χ4n) is 8.56. The number of fused-ring (bicyclic) bond motifs is 4. The van der Waals surface area contributed by atoms with Gasteiger partial charge in [0, 0.05) is 0 Å². The van der Waals surface area contributed by atoms with Gasteiger partial charge in [-0.2, -0.15) is 0 Å². The van der Waals surface area contributed by atoms with Crippen molar-refractivity contribution in [2.24, 2.45) is 46.3 Å². The molecular weight excluding hydrogens is 364 g/mol. The summed E-state index contributed by atoms with van der Waals surface area (Å²) in [5.41, 5.74) is 6.27. The van der Waals surface area contributed by atoms with Crippen LogP contribution >= 0.6 is 0 Å². The van der Waals surface area contributed by atoms with Gasteiger partial charge in [-0.3, -0.25) is 0 Å². The largest absolute Gasteiger partial charge is 0.393 e. The molecule has 3 saturated carbocycles. The number of rotatable bonds is 4. The zero-order valence-electron chi connectivity index (χ0n) is 20.9. The summed E-state index contributed by atoms with van der Waals surface area (Å²) in [4.78, 5) is 0. The van der Waals surface area contributed by atoms with Gasteiger partial charge in [0.05, 0.1) is 6.10 Å². The Balaban J connectivity index is 1.60. The van der Waals surface area contributed by atoms with Crippen LogP contribution in [0.2, 0.25) is 0 Å². The van der Waals surface area contributed by atoms with Gasteiger partial charge >= 0.3 is 0 Å². The lowest BCUT2D eigenvalue weighted by Crippen LogP contribution is -2.48. The minimum Gasteiger partial charge on any atom is -0.393 e. The molecule has 0 aromatic rings. The Morgan fingerprint density at radius 2 is 1.73 bits per heavy atom. The number of hydrogen-bond donors (Lipinski definition) is 1. The van der Waals surface area contributed by atoms with Crippen molar-refractivity contribution >= 4 is 0 Å². The predicted octanol–water partition coefficient (Wildman–Crippen LogP) is 7.94. The van der Waals surface area contributed by atoms with E-state index in [-0.39, 0.29) is 6.10 Å². The molecule has 3 fully saturated rings. The van der Waals surface area contributed by atoms with E-state index in [1.165, 1.54) is 44.9 Å². The maximum Gasteiger partial charge on any atom is 0.0543 e. The lowest BCUT2D eigenvalue weighted by Gasteiger charge is -2.56. The highest BCUT2D eigenvalue weighted by molar-refractivity contribution is 5.35. The molecule has 1 heteroatoms. The molecule has 0 aromatic heterocycles. The van der Waals surface area contributed by atoms with Crippen LogP contribution in [-0.4, -0.2) is 11.2 Å². The van der Waals surface area contributed by atoms with E-state index >= 15 is 0 Å². The average molecular weight is 413 g/mol. The monoisotopic (exact) mass is 412 g/mol. The van der Waals surface area contributed by atoms with Gasteiger partial charge in [0.15, 0.2) is 0 Å². The fourth-order valence-corrected chi connectivity index (χ4v) is 8.56. The van der Waals surface area contributed by atoms with E-state index in [2.05, 4.69) is 54.5 Å². The topological polar surface area (TPSA) is 20.2 Å². The summed E-state index contributed by atoms with van der Waals surface area (Å²) in [6.45, 7) is 17.2. The maximum absolute atomic E-state index is 10.3. The molecule has 0 aromatic carbocycles. The van der Waals surface area contributed by atoms with Crippen molar-refractivity contribution in [3.8, 4) is 0 Å². The standard InChI is InChI=1S/C29H48O/c1-18(2)21(5)19(3)16-20(4)25-10-11-26-24-9-8-22-17-23(30)12-14-28(22,6)27(24)13-15-29(25,26)7/h16,18,20-23,25,27,30H,8-15,17H2,1-7H3/b19-16+/t20?,21?,22?,23-,25?,27?,28-,29+/m0/s1. The van der Waals surface area contributed by atoms with Crippen LogP contribution in [0.1, 0.15) is 106 Å². The van der Waals surface area contributed by atoms with Crippen LogP contribution < -0.4 is 0 Å². The molecule has 170 valence electrons. The van der Waals surface area contributed by atoms with Crippen molar-refractivity contribution in [3.63, 3.8) is 0 Å². The molecule has 5 unspecified atom stereocenters. The summed E-state index contributed by atoms with van der Waals surface area (Å²) in [7, 11) is 0. The molecule has 4 rings (SSSR count). The van der Waals surface area contributed by atoms with Crippen LogP contribution in [0.3, 0.4) is 0 Å². The average Bonchev–Trinajstić information content (AvgIpc) is 3.05. The third-order valence-corrected chi connectivity index (χ3v) is 10.9. The molecule has 4 aliphatic carbocycles. The second-order valence-electron chi connectivity index (χ2n) is 12.6. The van der Waals surface area contributed by atoms with Crippen LogP contribution in [0.25, 0.3) is 0 Å². The van der Waals surface area contributed by atoms with Gasteiger partial charge in [0.2, 0.25) is 0 Å². The highest BCUT2D eigenvalue weighted by Crippen LogP contribution is 2.65. The van der Waals surface area contributed by atoms with Crippen molar-refractivity contribution < 1.29 is 5.11 Å². The van der Waals surface area contributed by atoms with Crippen LogP contribution in [0.15, 0.2) is 22.8 Å². The molecule has 4 aliphatic rings. The smallest absolute Gasteiger partial charge is 0.0543 e. The van der Waals surface area contributed by atoms with Crippen LogP contribution in [-0.2, 0) is 0 Å². The summed E-state index contributed by atoms with van der Waals surface area (Å²) >= 11 is 0. The Kier molecular flexibility index (Phi) is 6.10. The number of allylic oxidation sites excluding steroid dienone is 4. The minimum atomic E-state index is -0.0360. The molecule has 0 aliphatic heterocycles. The highest BCUT2D eigenvalue weighted by Gasteiger charge is 2.55. The van der Waals surface area contributed by atoms with E-state index in [1.807, 2.05) is 11.1 Å². The number of aliphatic hydroxyl groups is 1. The SMILES string of the molecule is C/C(=C\C(C)C1CCC2=C3CCC4C[C@@H](O)CC[C@]4(C)C3CC[C@@]21C)C(C)C(C)C. The second-order valence-corrected chi connectivity index (χ2v) is 12.6. The van der Waals surface area contributed by atoms with E-state index in [0.717, 1.165) is 36.5 Å². The van der Waals surface area contributed by atoms with E-state index < -0.39 is 0 Å². The van der Waals surface area contributed by atoms with Crippen LogP contribution in [0, 0.1) is 46.3 Å². The third kappa shape index (κ3) is 3.56. The van der Waals surface area contributed by atoms with Gasteiger partial charge in [-0.15, -0.1) is 0 Å². The lowest BCUT2D eigenvalue weighted by atomic mass is 9.49. The quantitative estimate of drug-likeness (QED) is 0.464. The van der Waals surface area contributed by atoms with Gasteiger partial charge in [-0.05, 0) is 111 Å². The third-order valence-electron chi connectivity index (χ3n) is 10.9. The Labute approximate surface area is 186 Å². The molecule has 0 heterocycles. The van der Waals surface area contributed by atoms with E-state index in [9.17, 15) is 5.11 Å². The van der Waals surface area contributed by atoms with Crippen molar-refractivity contribution in [2.45, 2.75) is 112 Å². The Hall–Kier alpha value is -0.560. The molecular formula is C29H48O. The number of hydrogen-bond acceptors (Lipinski definition) is 1. The molecule has 1 N–H and O–H groups in total. The molecule has 0 saturated heterocycles. The van der Waals surface area contributed by atoms with E-state index in [4.69, 9.17) is 0 Å². The first-order valence-electron chi connectivity index (χ1n) is 13.2. The molecule has 0 spiro atoms. The van der Waals surface area contributed by atoms with Crippen LogP contribution in [0.4, 0.5) is 0 Å². The van der Waals surface area contributed by atoms with Crippen molar-refractivity contribution in [1.29, 1.82) is 0 Å². The van der Waals surface area contributed by atoms with E-state index in [0.29, 0.717) is 22.7 Å². The minimum absolute atomic E-state index is 0.0360. The zero-order valence-corrected chi connectivity index (χ0v) is 20.9. The Bertz CT molecular complexity index is 714. The summed E-state index contributed by atoms with van der Waals surface area (Å²) in [6.07, 6.45) is 14.1. The van der Waals surface area contributed by atoms with Crippen molar-refractivity contribution in [2.75, 3.05) is 0 Å². The first kappa shape index (κ1) is 22.6. The van der Waals surface area contributed by atoms with Crippen molar-refractivity contribution in [3.05, 3.63) is 22.8 Å². The second kappa shape index (κ2) is 8.09. The predicted molar refractivity (Wildman–Crippen MR) is 128 cm³/mol. The van der Waals surface area contributed by atoms with Crippen molar-refractivity contribution in [1.82, 2.24) is 0 Å². The molecule has 0 amide bonds. The van der Waals surface area contributed by atoms with Crippen LogP contribution in [0.5, 0.6) is 0 Å². The Morgan fingerprint density at radius 3 is 2.43 bits per heavy atom. The normalized spacial score (nSPS) is 43.8. The maximum atomic E-state index is 10.3. The van der Waals surface area contributed by atoms with Gasteiger partial charge in [-0.1, -0.05) is 64.3 Å². The van der Waals surface area contributed by atoms with Gasteiger partial charge in [-0.25, -0.2) is 0 Å². The number of aliphatic hydroxyl groups excluding tert-OH is 1. The molecule has 1 nitrogen and oxygen atoms in total. The highest BCUT2D eigenvalue weighted by atomic mass is 16.3. The van der Waals surface area contributed by atoms with E-state index in [1.54, 1.807) is 5.57 Å². The molecule has 30 heavy (non-hydrogen) atoms. The van der Waals surface area contributed by atoms with Gasteiger partial charge < -0.3 is 5.11 Å². The Morgan fingerprint density at radius 1 is 1.00 bits per heavy atom. The molecule has 0 radical (unpaired) electrons. The van der Waals surface area contributed by atoms with Gasteiger partial charge in [0.1, 0.15) is 0 Å². The summed E-state index contributed by atoms with van der Waals surface area (Å²) in [6, 6.07) is 0. The zero-order chi connectivity index (χ0) is 21.8. The summed E-state index contributed by atoms with van der Waals surface area (Å²) < 4.78 is 0. The molecule has 8 atom stereocenters. The fraction of sp³-hybridized carbons (Fsp3) is 0.862. The summed E-state index contributed by atoms with van der Waals surface area (Å²) in [5, 5.41) is 10.3. The first-order valence-corrected chi connectivity index (χ1v) is 13.2. The lowest BCUT2D eigenvalue weighted by molar-refractivity contribution is -0.0377. The molecule has 0 bridgehead atoms. The first-order chi connectivity index (χ1) is 14.1. The summed E-state index contributed by atoms with van der Waals surface area (Å²) in [5.74, 6) is 4.47.